The third-order valence-electron chi connectivity index (χ3n) is 2.60. The summed E-state index contributed by atoms with van der Waals surface area (Å²) in [6, 6.07) is 5.69. The Morgan fingerprint density at radius 2 is 2.18 bits per heavy atom. The van der Waals surface area contributed by atoms with Gasteiger partial charge in [0.1, 0.15) is 11.6 Å². The number of rotatable bonds is 3. The lowest BCUT2D eigenvalue weighted by molar-refractivity contribution is 0.416. The first-order valence-electron chi connectivity index (χ1n) is 5.33. The summed E-state index contributed by atoms with van der Waals surface area (Å²) in [5, 5.41) is 7.36. The average Bonchev–Trinajstić information content (AvgIpc) is 2.74. The normalized spacial score (nSPS) is 10.5. The molecule has 0 atom stereocenters. The number of benzene rings is 1. The van der Waals surface area contributed by atoms with Crippen molar-refractivity contribution in [2.45, 2.75) is 13.3 Å². The van der Waals surface area contributed by atoms with Crippen molar-refractivity contribution in [3.8, 4) is 17.0 Å². The summed E-state index contributed by atoms with van der Waals surface area (Å²) in [5.41, 5.74) is 8.42. The summed E-state index contributed by atoms with van der Waals surface area (Å²) in [6.45, 7) is 2.07. The Balaban J connectivity index is 2.61. The monoisotopic (exact) mass is 251 g/mol. The van der Waals surface area contributed by atoms with Gasteiger partial charge in [-0.3, -0.25) is 5.10 Å². The standard InChI is InChI=1S/C12H14ClN3O/c1-3-7-4-8(10-6-11(14)16-15-10)12(17-2)9(13)5-7/h4-6H,3H2,1-2H3,(H3,14,15,16). The molecule has 0 spiro atoms. The highest BCUT2D eigenvalue weighted by Gasteiger charge is 2.13. The van der Waals surface area contributed by atoms with E-state index in [9.17, 15) is 0 Å². The largest absolute Gasteiger partial charge is 0.494 e. The number of halogens is 1. The number of methoxy groups -OCH3 is 1. The van der Waals surface area contributed by atoms with E-state index in [0.717, 1.165) is 23.2 Å². The summed E-state index contributed by atoms with van der Waals surface area (Å²) < 4.78 is 5.32. The third-order valence-corrected chi connectivity index (χ3v) is 2.88. The highest BCUT2D eigenvalue weighted by atomic mass is 35.5. The van der Waals surface area contributed by atoms with Crippen LogP contribution in [0, 0.1) is 0 Å². The number of nitrogen functional groups attached to an aromatic ring is 1. The second kappa shape index (κ2) is 4.67. The maximum Gasteiger partial charge on any atom is 0.146 e. The van der Waals surface area contributed by atoms with E-state index in [1.807, 2.05) is 12.1 Å². The van der Waals surface area contributed by atoms with Crippen LogP contribution in [-0.4, -0.2) is 17.3 Å². The van der Waals surface area contributed by atoms with Crippen LogP contribution < -0.4 is 10.5 Å². The summed E-state index contributed by atoms with van der Waals surface area (Å²) in [5.74, 6) is 1.08. The van der Waals surface area contributed by atoms with Crippen molar-refractivity contribution in [3.05, 3.63) is 28.8 Å². The molecule has 1 aromatic heterocycles. The predicted octanol–water partition coefficient (Wildman–Crippen LogP) is 2.88. The number of aryl methyl sites for hydroxylation is 1. The van der Waals surface area contributed by atoms with Crippen LogP contribution in [0.1, 0.15) is 12.5 Å². The van der Waals surface area contributed by atoms with Crippen molar-refractivity contribution in [1.29, 1.82) is 0 Å². The number of aromatic nitrogens is 2. The average molecular weight is 252 g/mol. The van der Waals surface area contributed by atoms with Gasteiger partial charge in [0.05, 0.1) is 17.8 Å². The van der Waals surface area contributed by atoms with E-state index in [1.165, 1.54) is 0 Å². The number of nitrogens with two attached hydrogens (primary N) is 1. The van der Waals surface area contributed by atoms with Crippen molar-refractivity contribution in [3.63, 3.8) is 0 Å². The molecule has 17 heavy (non-hydrogen) atoms. The van der Waals surface area contributed by atoms with Crippen LogP contribution in [0.2, 0.25) is 5.02 Å². The number of nitrogens with one attached hydrogen (secondary N) is 1. The van der Waals surface area contributed by atoms with E-state index in [1.54, 1.807) is 13.2 Å². The minimum Gasteiger partial charge on any atom is -0.494 e. The topological polar surface area (TPSA) is 63.9 Å². The quantitative estimate of drug-likeness (QED) is 0.882. The fourth-order valence-electron chi connectivity index (χ4n) is 1.74. The van der Waals surface area contributed by atoms with Crippen LogP contribution in [0.15, 0.2) is 18.2 Å². The third kappa shape index (κ3) is 2.22. The first-order valence-corrected chi connectivity index (χ1v) is 5.71. The Hall–Kier alpha value is -1.68. The van der Waals surface area contributed by atoms with Crippen molar-refractivity contribution in [2.75, 3.05) is 12.8 Å². The molecule has 90 valence electrons. The number of hydrogen-bond acceptors (Lipinski definition) is 3. The molecule has 1 aromatic carbocycles. The van der Waals surface area contributed by atoms with Crippen LogP contribution >= 0.6 is 11.6 Å². The van der Waals surface area contributed by atoms with Crippen LogP contribution in [0.4, 0.5) is 5.82 Å². The summed E-state index contributed by atoms with van der Waals surface area (Å²) >= 11 is 6.18. The van der Waals surface area contributed by atoms with Gasteiger partial charge in [0, 0.05) is 11.6 Å². The van der Waals surface area contributed by atoms with E-state index in [4.69, 9.17) is 22.1 Å². The molecule has 0 unspecified atom stereocenters. The van der Waals surface area contributed by atoms with Gasteiger partial charge < -0.3 is 10.5 Å². The molecule has 0 amide bonds. The lowest BCUT2D eigenvalue weighted by Crippen LogP contribution is -1.92. The number of hydrogen-bond donors (Lipinski definition) is 2. The number of anilines is 1. The Bertz CT molecular complexity index is 537. The van der Waals surface area contributed by atoms with Gasteiger partial charge in [-0.1, -0.05) is 18.5 Å². The van der Waals surface area contributed by atoms with Crippen molar-refractivity contribution >= 4 is 17.4 Å². The van der Waals surface area contributed by atoms with E-state index in [-0.39, 0.29) is 0 Å². The zero-order chi connectivity index (χ0) is 12.4. The highest BCUT2D eigenvalue weighted by molar-refractivity contribution is 6.32. The first-order chi connectivity index (χ1) is 8.15. The smallest absolute Gasteiger partial charge is 0.146 e. The zero-order valence-corrected chi connectivity index (χ0v) is 10.5. The fourth-order valence-corrected chi connectivity index (χ4v) is 2.06. The van der Waals surface area contributed by atoms with Crippen LogP contribution in [0.3, 0.4) is 0 Å². The van der Waals surface area contributed by atoms with E-state index >= 15 is 0 Å². The Kier molecular flexibility index (Phi) is 3.24. The van der Waals surface area contributed by atoms with Crippen molar-refractivity contribution in [1.82, 2.24) is 10.2 Å². The van der Waals surface area contributed by atoms with Crippen LogP contribution in [0.25, 0.3) is 11.3 Å². The van der Waals surface area contributed by atoms with Gasteiger partial charge in [0.25, 0.3) is 0 Å². The molecule has 0 bridgehead atoms. The van der Waals surface area contributed by atoms with E-state index in [2.05, 4.69) is 17.1 Å². The van der Waals surface area contributed by atoms with E-state index < -0.39 is 0 Å². The molecular formula is C12H14ClN3O. The zero-order valence-electron chi connectivity index (χ0n) is 9.75. The predicted molar refractivity (Wildman–Crippen MR) is 69.4 cm³/mol. The molecule has 3 N–H and O–H groups in total. The lowest BCUT2D eigenvalue weighted by Gasteiger charge is -2.10. The molecule has 0 fully saturated rings. The van der Waals surface area contributed by atoms with E-state index in [0.29, 0.717) is 16.6 Å². The van der Waals surface area contributed by atoms with Crippen LogP contribution in [-0.2, 0) is 6.42 Å². The second-order valence-corrected chi connectivity index (χ2v) is 4.13. The highest BCUT2D eigenvalue weighted by Crippen LogP contribution is 2.37. The second-order valence-electron chi connectivity index (χ2n) is 3.72. The van der Waals surface area contributed by atoms with Crippen LogP contribution in [0.5, 0.6) is 5.75 Å². The Morgan fingerprint density at radius 3 is 2.71 bits per heavy atom. The van der Waals surface area contributed by atoms with Crippen molar-refractivity contribution < 1.29 is 4.74 Å². The summed E-state index contributed by atoms with van der Waals surface area (Å²) in [7, 11) is 1.59. The molecule has 0 aliphatic rings. The molecule has 5 heteroatoms. The van der Waals surface area contributed by atoms with Gasteiger partial charge in [-0.15, -0.1) is 0 Å². The minimum atomic E-state index is 0.445. The number of nitrogens with zero attached hydrogens (tertiary/aromatic N) is 1. The van der Waals surface area contributed by atoms with Gasteiger partial charge in [-0.2, -0.15) is 5.10 Å². The number of H-pyrrole nitrogens is 1. The molecule has 4 nitrogen and oxygen atoms in total. The maximum atomic E-state index is 6.18. The fraction of sp³-hybridized carbons (Fsp3) is 0.250. The molecule has 0 saturated carbocycles. The Morgan fingerprint density at radius 1 is 1.41 bits per heavy atom. The number of aromatic amines is 1. The Labute approximate surface area is 105 Å². The molecule has 0 saturated heterocycles. The molecule has 2 aromatic rings. The molecule has 2 rings (SSSR count). The maximum absolute atomic E-state index is 6.18. The van der Waals surface area contributed by atoms with Gasteiger partial charge in [0.2, 0.25) is 0 Å². The summed E-state index contributed by atoms with van der Waals surface area (Å²) in [6.07, 6.45) is 0.903. The molecule has 0 aliphatic carbocycles. The molecular weight excluding hydrogens is 238 g/mol. The molecule has 0 aliphatic heterocycles. The minimum absolute atomic E-state index is 0.445. The van der Waals surface area contributed by atoms with Gasteiger partial charge >= 0.3 is 0 Å². The lowest BCUT2D eigenvalue weighted by atomic mass is 10.1. The SMILES string of the molecule is CCc1cc(Cl)c(OC)c(-c2cc(N)n[nH]2)c1. The first kappa shape index (κ1) is 11.8. The summed E-state index contributed by atoms with van der Waals surface area (Å²) in [4.78, 5) is 0. The van der Waals surface area contributed by atoms with Gasteiger partial charge in [-0.05, 0) is 24.1 Å². The molecule has 1 heterocycles. The van der Waals surface area contributed by atoms with Gasteiger partial charge in [0.15, 0.2) is 0 Å². The molecule has 0 radical (unpaired) electrons. The van der Waals surface area contributed by atoms with Crippen molar-refractivity contribution in [2.24, 2.45) is 0 Å². The van der Waals surface area contributed by atoms with Gasteiger partial charge in [-0.25, -0.2) is 0 Å². The number of ether oxygens (including phenoxy) is 1.